The van der Waals surface area contributed by atoms with Crippen LogP contribution < -0.4 is 5.32 Å². The molecule has 0 radical (unpaired) electrons. The Labute approximate surface area is 132 Å². The fraction of sp³-hybridized carbons (Fsp3) is 0.647. The van der Waals surface area contributed by atoms with Crippen molar-refractivity contribution in [1.29, 1.82) is 0 Å². The highest BCUT2D eigenvalue weighted by Gasteiger charge is 2.19. The molecule has 0 amide bonds. The molecule has 1 saturated carbocycles. The van der Waals surface area contributed by atoms with Gasteiger partial charge in [0.2, 0.25) is 0 Å². The number of aliphatic hydroxyl groups is 1. The normalized spacial score (nSPS) is 24.0. The lowest BCUT2D eigenvalue weighted by Gasteiger charge is -2.27. The van der Waals surface area contributed by atoms with Gasteiger partial charge in [0.1, 0.15) is 0 Å². The van der Waals surface area contributed by atoms with Gasteiger partial charge in [-0.25, -0.2) is 0 Å². The van der Waals surface area contributed by atoms with Crippen molar-refractivity contribution in [2.45, 2.75) is 51.4 Å². The molecule has 1 fully saturated rings. The quantitative estimate of drug-likeness (QED) is 0.811. The summed E-state index contributed by atoms with van der Waals surface area (Å²) in [4.78, 5) is 0. The average Bonchev–Trinajstić information content (AvgIpc) is 2.49. The van der Waals surface area contributed by atoms with Gasteiger partial charge in [0.25, 0.3) is 0 Å². The van der Waals surface area contributed by atoms with E-state index in [2.05, 4.69) is 12.2 Å². The van der Waals surface area contributed by atoms with Crippen molar-refractivity contribution >= 4 is 11.6 Å². The van der Waals surface area contributed by atoms with E-state index >= 15 is 0 Å². The first kappa shape index (κ1) is 16.8. The summed E-state index contributed by atoms with van der Waals surface area (Å²) < 4.78 is 5.80. The highest BCUT2D eigenvalue weighted by atomic mass is 35.5. The third-order valence-corrected chi connectivity index (χ3v) is 4.51. The number of halogens is 1. The third kappa shape index (κ3) is 5.95. The van der Waals surface area contributed by atoms with Crippen molar-refractivity contribution in [3.63, 3.8) is 0 Å². The molecule has 3 nitrogen and oxygen atoms in total. The summed E-state index contributed by atoms with van der Waals surface area (Å²) in [6.45, 7) is 3.89. The standard InChI is InChI=1S/C17H26ClNO2/c1-13-6-8-16(9-7-13)21-12-15(20)11-19-10-14-4-2-3-5-17(14)18/h2-5,13,15-16,19-20H,6-12H2,1H3. The van der Waals surface area contributed by atoms with Crippen LogP contribution in [-0.4, -0.2) is 30.5 Å². The predicted molar refractivity (Wildman–Crippen MR) is 86.5 cm³/mol. The van der Waals surface area contributed by atoms with E-state index in [-0.39, 0.29) is 0 Å². The van der Waals surface area contributed by atoms with E-state index < -0.39 is 6.10 Å². The first-order chi connectivity index (χ1) is 10.1. The van der Waals surface area contributed by atoms with Crippen molar-refractivity contribution in [2.24, 2.45) is 5.92 Å². The summed E-state index contributed by atoms with van der Waals surface area (Å²) in [5, 5.41) is 13.9. The van der Waals surface area contributed by atoms with Gasteiger partial charge in [-0.3, -0.25) is 0 Å². The van der Waals surface area contributed by atoms with Crippen LogP contribution in [0, 0.1) is 5.92 Å². The fourth-order valence-corrected chi connectivity index (χ4v) is 2.92. The number of ether oxygens (including phenoxy) is 1. The molecule has 0 bridgehead atoms. The van der Waals surface area contributed by atoms with Crippen molar-refractivity contribution in [3.8, 4) is 0 Å². The second kappa shape index (κ2) is 8.74. The minimum atomic E-state index is -0.466. The van der Waals surface area contributed by atoms with E-state index in [0.717, 1.165) is 29.3 Å². The molecule has 2 N–H and O–H groups in total. The highest BCUT2D eigenvalue weighted by molar-refractivity contribution is 6.31. The van der Waals surface area contributed by atoms with E-state index in [1.165, 1.54) is 12.8 Å². The van der Waals surface area contributed by atoms with Crippen LogP contribution in [0.3, 0.4) is 0 Å². The summed E-state index contributed by atoms with van der Waals surface area (Å²) in [7, 11) is 0. The topological polar surface area (TPSA) is 41.5 Å². The van der Waals surface area contributed by atoms with Crippen molar-refractivity contribution in [1.82, 2.24) is 5.32 Å². The minimum Gasteiger partial charge on any atom is -0.389 e. The van der Waals surface area contributed by atoms with Crippen LogP contribution in [0.25, 0.3) is 0 Å². The number of hydrogen-bond donors (Lipinski definition) is 2. The zero-order valence-electron chi connectivity index (χ0n) is 12.7. The van der Waals surface area contributed by atoms with E-state index in [9.17, 15) is 5.11 Å². The molecule has 2 rings (SSSR count). The monoisotopic (exact) mass is 311 g/mol. The number of nitrogens with one attached hydrogen (secondary N) is 1. The predicted octanol–water partition coefficient (Wildman–Crippen LogP) is 3.39. The molecule has 1 aromatic carbocycles. The van der Waals surface area contributed by atoms with Gasteiger partial charge >= 0.3 is 0 Å². The third-order valence-electron chi connectivity index (χ3n) is 4.14. The summed E-state index contributed by atoms with van der Waals surface area (Å²) in [5.41, 5.74) is 1.05. The van der Waals surface area contributed by atoms with E-state index in [1.807, 2.05) is 24.3 Å². The van der Waals surface area contributed by atoms with E-state index in [4.69, 9.17) is 16.3 Å². The summed E-state index contributed by atoms with van der Waals surface area (Å²) >= 11 is 6.09. The van der Waals surface area contributed by atoms with Crippen LogP contribution in [0.2, 0.25) is 5.02 Å². The molecule has 0 saturated heterocycles. The Kier molecular flexibility index (Phi) is 6.97. The molecule has 4 heteroatoms. The molecule has 118 valence electrons. The molecule has 21 heavy (non-hydrogen) atoms. The van der Waals surface area contributed by atoms with Crippen LogP contribution in [-0.2, 0) is 11.3 Å². The maximum absolute atomic E-state index is 9.96. The lowest BCUT2D eigenvalue weighted by molar-refractivity contribution is -0.0278. The Morgan fingerprint density at radius 2 is 2.00 bits per heavy atom. The second-order valence-corrected chi connectivity index (χ2v) is 6.50. The van der Waals surface area contributed by atoms with Crippen LogP contribution in [0.15, 0.2) is 24.3 Å². The second-order valence-electron chi connectivity index (χ2n) is 6.09. The Balaban J connectivity index is 1.59. The molecular formula is C17H26ClNO2. The molecular weight excluding hydrogens is 286 g/mol. The van der Waals surface area contributed by atoms with E-state index in [1.54, 1.807) is 0 Å². The zero-order valence-corrected chi connectivity index (χ0v) is 13.5. The van der Waals surface area contributed by atoms with Gasteiger partial charge in [0.05, 0.1) is 18.8 Å². The van der Waals surface area contributed by atoms with Crippen molar-refractivity contribution in [3.05, 3.63) is 34.9 Å². The molecule has 1 atom stereocenters. The molecule has 1 aliphatic carbocycles. The molecule has 0 aromatic heterocycles. The van der Waals surface area contributed by atoms with Crippen molar-refractivity contribution in [2.75, 3.05) is 13.2 Å². The van der Waals surface area contributed by atoms with Gasteiger partial charge in [0.15, 0.2) is 0 Å². The maximum atomic E-state index is 9.96. The van der Waals surface area contributed by atoms with Gasteiger partial charge in [0, 0.05) is 18.1 Å². The average molecular weight is 312 g/mol. The van der Waals surface area contributed by atoms with Crippen LogP contribution in [0.1, 0.15) is 38.2 Å². The Morgan fingerprint density at radius 3 is 2.71 bits per heavy atom. The Morgan fingerprint density at radius 1 is 1.29 bits per heavy atom. The fourth-order valence-electron chi connectivity index (χ4n) is 2.72. The van der Waals surface area contributed by atoms with Crippen LogP contribution in [0.4, 0.5) is 0 Å². The molecule has 1 unspecified atom stereocenters. The highest BCUT2D eigenvalue weighted by Crippen LogP contribution is 2.25. The smallest absolute Gasteiger partial charge is 0.0897 e. The summed E-state index contributed by atoms with van der Waals surface area (Å²) in [6.07, 6.45) is 4.60. The van der Waals surface area contributed by atoms with Gasteiger partial charge in [-0.1, -0.05) is 36.7 Å². The van der Waals surface area contributed by atoms with E-state index in [0.29, 0.717) is 25.8 Å². The summed E-state index contributed by atoms with van der Waals surface area (Å²) in [6, 6.07) is 7.75. The minimum absolute atomic E-state index is 0.333. The van der Waals surface area contributed by atoms with Crippen LogP contribution in [0.5, 0.6) is 0 Å². The lowest BCUT2D eigenvalue weighted by Crippen LogP contribution is -2.32. The maximum Gasteiger partial charge on any atom is 0.0897 e. The molecule has 0 heterocycles. The number of benzene rings is 1. The number of aliphatic hydroxyl groups excluding tert-OH is 1. The summed E-state index contributed by atoms with van der Waals surface area (Å²) in [5.74, 6) is 0.826. The molecule has 1 aromatic rings. The molecule has 0 spiro atoms. The first-order valence-corrected chi connectivity index (χ1v) is 8.26. The van der Waals surface area contributed by atoms with Gasteiger partial charge in [-0.05, 0) is 43.2 Å². The number of hydrogen-bond acceptors (Lipinski definition) is 3. The van der Waals surface area contributed by atoms with Crippen LogP contribution >= 0.6 is 11.6 Å². The Hall–Kier alpha value is -0.610. The molecule has 1 aliphatic rings. The van der Waals surface area contributed by atoms with Gasteiger partial charge in [-0.15, -0.1) is 0 Å². The van der Waals surface area contributed by atoms with Gasteiger partial charge in [-0.2, -0.15) is 0 Å². The number of rotatable bonds is 7. The first-order valence-electron chi connectivity index (χ1n) is 7.89. The largest absolute Gasteiger partial charge is 0.389 e. The molecule has 0 aliphatic heterocycles. The Bertz CT molecular complexity index is 419. The lowest BCUT2D eigenvalue weighted by atomic mass is 9.89. The zero-order chi connectivity index (χ0) is 15.1. The van der Waals surface area contributed by atoms with Gasteiger partial charge < -0.3 is 15.2 Å². The van der Waals surface area contributed by atoms with Crippen molar-refractivity contribution < 1.29 is 9.84 Å². The SMILES string of the molecule is CC1CCC(OCC(O)CNCc2ccccc2Cl)CC1.